The molecule has 1 saturated heterocycles. The zero-order valence-electron chi connectivity index (χ0n) is 9.82. The summed E-state index contributed by atoms with van der Waals surface area (Å²) < 4.78 is 5.64. The molecule has 3 heteroatoms. The number of likely N-dealkylation sites (tertiary alicyclic amines) is 1. The maximum atomic E-state index is 5.90. The summed E-state index contributed by atoms with van der Waals surface area (Å²) in [6.07, 6.45) is 4.03. The molecule has 0 aromatic heterocycles. The molecule has 2 rings (SSSR count). The molecule has 1 heterocycles. The van der Waals surface area contributed by atoms with Crippen molar-refractivity contribution in [3.63, 3.8) is 0 Å². The van der Waals surface area contributed by atoms with Crippen LogP contribution in [-0.2, 0) is 4.74 Å². The van der Waals surface area contributed by atoms with Gasteiger partial charge in [-0.05, 0) is 44.6 Å². The Morgan fingerprint density at radius 2 is 2.20 bits per heavy atom. The quantitative estimate of drug-likeness (QED) is 0.670. The van der Waals surface area contributed by atoms with E-state index in [2.05, 4.69) is 11.8 Å². The first-order valence-electron chi connectivity index (χ1n) is 6.31. The second-order valence-electron chi connectivity index (χ2n) is 5.23. The Labute approximate surface area is 93.0 Å². The summed E-state index contributed by atoms with van der Waals surface area (Å²) in [4.78, 5) is 2.49. The van der Waals surface area contributed by atoms with Gasteiger partial charge in [-0.2, -0.15) is 0 Å². The van der Waals surface area contributed by atoms with Gasteiger partial charge in [-0.15, -0.1) is 0 Å². The summed E-state index contributed by atoms with van der Waals surface area (Å²) in [7, 11) is 0. The molecule has 1 aliphatic carbocycles. The second-order valence-corrected chi connectivity index (χ2v) is 5.23. The molecule has 0 amide bonds. The third kappa shape index (κ3) is 3.74. The highest BCUT2D eigenvalue weighted by molar-refractivity contribution is 4.80. The highest BCUT2D eigenvalue weighted by atomic mass is 16.5. The van der Waals surface area contributed by atoms with Crippen molar-refractivity contribution in [2.45, 2.75) is 32.2 Å². The van der Waals surface area contributed by atoms with Crippen LogP contribution in [0, 0.1) is 11.8 Å². The summed E-state index contributed by atoms with van der Waals surface area (Å²) >= 11 is 0. The third-order valence-corrected chi connectivity index (χ3v) is 3.65. The van der Waals surface area contributed by atoms with Crippen LogP contribution in [0.25, 0.3) is 0 Å². The molecule has 0 aromatic rings. The summed E-state index contributed by atoms with van der Waals surface area (Å²) in [5.74, 6) is 1.59. The number of ether oxygens (including phenoxy) is 1. The number of hydrogen-bond donors (Lipinski definition) is 1. The van der Waals surface area contributed by atoms with Crippen LogP contribution in [0.1, 0.15) is 26.2 Å². The predicted molar refractivity (Wildman–Crippen MR) is 61.7 cm³/mol. The molecule has 3 nitrogen and oxygen atoms in total. The SMILES string of the molecule is CC(N)C1CCN(CCOCC2CC2)C1. The van der Waals surface area contributed by atoms with Crippen molar-refractivity contribution in [1.82, 2.24) is 4.90 Å². The van der Waals surface area contributed by atoms with Crippen LogP contribution in [0.15, 0.2) is 0 Å². The van der Waals surface area contributed by atoms with Gasteiger partial charge in [-0.25, -0.2) is 0 Å². The Morgan fingerprint density at radius 1 is 1.40 bits per heavy atom. The molecule has 1 aliphatic heterocycles. The topological polar surface area (TPSA) is 38.5 Å². The fourth-order valence-electron chi connectivity index (χ4n) is 2.22. The van der Waals surface area contributed by atoms with Gasteiger partial charge < -0.3 is 15.4 Å². The lowest BCUT2D eigenvalue weighted by Gasteiger charge is -2.17. The van der Waals surface area contributed by atoms with E-state index in [0.29, 0.717) is 12.0 Å². The Bertz CT molecular complexity index is 192. The van der Waals surface area contributed by atoms with Crippen LogP contribution < -0.4 is 5.73 Å². The molecule has 0 spiro atoms. The minimum atomic E-state index is 0.349. The van der Waals surface area contributed by atoms with Crippen LogP contribution in [0.5, 0.6) is 0 Å². The molecule has 88 valence electrons. The zero-order valence-corrected chi connectivity index (χ0v) is 9.82. The second kappa shape index (κ2) is 5.28. The molecular formula is C12H24N2O. The van der Waals surface area contributed by atoms with E-state index in [9.17, 15) is 0 Å². The minimum absolute atomic E-state index is 0.349. The molecule has 0 radical (unpaired) electrons. The van der Waals surface area contributed by atoms with Crippen molar-refractivity contribution < 1.29 is 4.74 Å². The van der Waals surface area contributed by atoms with Gasteiger partial charge in [0.2, 0.25) is 0 Å². The molecular weight excluding hydrogens is 188 g/mol. The average Bonchev–Trinajstić information content (AvgIpc) is 2.90. The summed E-state index contributed by atoms with van der Waals surface area (Å²) in [6, 6.07) is 0.349. The zero-order chi connectivity index (χ0) is 10.7. The van der Waals surface area contributed by atoms with Crippen LogP contribution in [-0.4, -0.2) is 43.8 Å². The fraction of sp³-hybridized carbons (Fsp3) is 1.00. The van der Waals surface area contributed by atoms with Crippen LogP contribution >= 0.6 is 0 Å². The molecule has 0 bridgehead atoms. The van der Waals surface area contributed by atoms with E-state index in [4.69, 9.17) is 10.5 Å². The lowest BCUT2D eigenvalue weighted by molar-refractivity contribution is 0.102. The van der Waals surface area contributed by atoms with E-state index in [1.165, 1.54) is 32.4 Å². The third-order valence-electron chi connectivity index (χ3n) is 3.65. The van der Waals surface area contributed by atoms with E-state index in [0.717, 1.165) is 25.7 Å². The first kappa shape index (κ1) is 11.4. The summed E-state index contributed by atoms with van der Waals surface area (Å²) in [5, 5.41) is 0. The molecule has 2 N–H and O–H groups in total. The van der Waals surface area contributed by atoms with Gasteiger partial charge in [0.25, 0.3) is 0 Å². The minimum Gasteiger partial charge on any atom is -0.380 e. The average molecular weight is 212 g/mol. The Hall–Kier alpha value is -0.120. The first-order chi connectivity index (χ1) is 7.25. The van der Waals surface area contributed by atoms with Crippen molar-refractivity contribution in [3.05, 3.63) is 0 Å². The molecule has 2 fully saturated rings. The monoisotopic (exact) mass is 212 g/mol. The normalized spacial score (nSPS) is 29.6. The lowest BCUT2D eigenvalue weighted by Crippen LogP contribution is -2.31. The van der Waals surface area contributed by atoms with Crippen LogP contribution in [0.2, 0.25) is 0 Å². The van der Waals surface area contributed by atoms with Gasteiger partial charge in [-0.1, -0.05) is 0 Å². The summed E-state index contributed by atoms with van der Waals surface area (Å²) in [5.41, 5.74) is 5.90. The Morgan fingerprint density at radius 3 is 2.80 bits per heavy atom. The van der Waals surface area contributed by atoms with E-state index >= 15 is 0 Å². The van der Waals surface area contributed by atoms with Gasteiger partial charge in [0, 0.05) is 25.7 Å². The maximum Gasteiger partial charge on any atom is 0.0593 e. The van der Waals surface area contributed by atoms with Crippen molar-refractivity contribution in [3.8, 4) is 0 Å². The number of nitrogens with two attached hydrogens (primary N) is 1. The molecule has 2 atom stereocenters. The molecule has 1 saturated carbocycles. The summed E-state index contributed by atoms with van der Waals surface area (Å²) in [6.45, 7) is 7.49. The number of nitrogens with zero attached hydrogens (tertiary/aromatic N) is 1. The maximum absolute atomic E-state index is 5.90. The van der Waals surface area contributed by atoms with Gasteiger partial charge in [0.1, 0.15) is 0 Å². The molecule has 0 aromatic carbocycles. The van der Waals surface area contributed by atoms with Crippen molar-refractivity contribution in [2.75, 3.05) is 32.8 Å². The van der Waals surface area contributed by atoms with Gasteiger partial charge in [0.05, 0.1) is 6.61 Å². The first-order valence-corrected chi connectivity index (χ1v) is 6.31. The van der Waals surface area contributed by atoms with Crippen LogP contribution in [0.4, 0.5) is 0 Å². The van der Waals surface area contributed by atoms with E-state index in [1.54, 1.807) is 0 Å². The molecule has 2 unspecified atom stereocenters. The van der Waals surface area contributed by atoms with Crippen molar-refractivity contribution in [2.24, 2.45) is 17.6 Å². The largest absolute Gasteiger partial charge is 0.380 e. The molecule has 15 heavy (non-hydrogen) atoms. The standard InChI is InChI=1S/C12H24N2O/c1-10(13)12-4-5-14(8-12)6-7-15-9-11-2-3-11/h10-12H,2-9,13H2,1H3. The Balaban J connectivity index is 1.52. The lowest BCUT2D eigenvalue weighted by atomic mass is 10.0. The van der Waals surface area contributed by atoms with Crippen molar-refractivity contribution in [1.29, 1.82) is 0 Å². The van der Waals surface area contributed by atoms with Crippen molar-refractivity contribution >= 4 is 0 Å². The highest BCUT2D eigenvalue weighted by Gasteiger charge is 2.25. The van der Waals surface area contributed by atoms with Crippen LogP contribution in [0.3, 0.4) is 0 Å². The van der Waals surface area contributed by atoms with Gasteiger partial charge in [-0.3, -0.25) is 0 Å². The predicted octanol–water partition coefficient (Wildman–Crippen LogP) is 1.08. The number of hydrogen-bond acceptors (Lipinski definition) is 3. The van der Waals surface area contributed by atoms with Gasteiger partial charge in [0.15, 0.2) is 0 Å². The highest BCUT2D eigenvalue weighted by Crippen LogP contribution is 2.28. The fourth-order valence-corrected chi connectivity index (χ4v) is 2.22. The van der Waals surface area contributed by atoms with E-state index < -0.39 is 0 Å². The number of rotatable bonds is 6. The van der Waals surface area contributed by atoms with Gasteiger partial charge >= 0.3 is 0 Å². The smallest absolute Gasteiger partial charge is 0.0593 e. The Kier molecular flexibility index (Phi) is 4.00. The molecule has 2 aliphatic rings. The van der Waals surface area contributed by atoms with E-state index in [1.807, 2.05) is 0 Å². The van der Waals surface area contributed by atoms with E-state index in [-0.39, 0.29) is 0 Å².